The van der Waals surface area contributed by atoms with Gasteiger partial charge in [-0.2, -0.15) is 0 Å². The Morgan fingerprint density at radius 3 is 2.20 bits per heavy atom. The van der Waals surface area contributed by atoms with Crippen molar-refractivity contribution in [2.24, 2.45) is 0 Å². The Bertz CT molecular complexity index is 739. The van der Waals surface area contributed by atoms with Crippen molar-refractivity contribution in [3.63, 3.8) is 0 Å². The fraction of sp³-hybridized carbons (Fsp3) is 0.300. The SMILES string of the molecule is Cc1ccccc1CSCC(=O)NCC(=O)Nc1c(C)cccc1C. The van der Waals surface area contributed by atoms with Gasteiger partial charge in [-0.05, 0) is 43.0 Å². The van der Waals surface area contributed by atoms with Gasteiger partial charge in [-0.1, -0.05) is 42.5 Å². The highest BCUT2D eigenvalue weighted by Crippen LogP contribution is 2.19. The molecule has 132 valence electrons. The lowest BCUT2D eigenvalue weighted by Crippen LogP contribution is -2.34. The second kappa shape index (κ2) is 9.28. The topological polar surface area (TPSA) is 58.2 Å². The molecule has 0 saturated heterocycles. The largest absolute Gasteiger partial charge is 0.346 e. The van der Waals surface area contributed by atoms with Crippen LogP contribution in [0, 0.1) is 20.8 Å². The quantitative estimate of drug-likeness (QED) is 0.797. The molecular weight excluding hydrogens is 332 g/mol. The van der Waals surface area contributed by atoms with E-state index in [4.69, 9.17) is 0 Å². The molecular formula is C20H24N2O2S. The van der Waals surface area contributed by atoms with Crippen molar-refractivity contribution in [1.82, 2.24) is 5.32 Å². The number of amides is 2. The minimum atomic E-state index is -0.213. The van der Waals surface area contributed by atoms with Gasteiger partial charge in [0.25, 0.3) is 0 Å². The number of benzene rings is 2. The van der Waals surface area contributed by atoms with Crippen molar-refractivity contribution in [2.45, 2.75) is 26.5 Å². The number of hydrogen-bond donors (Lipinski definition) is 2. The van der Waals surface area contributed by atoms with Gasteiger partial charge in [0, 0.05) is 11.4 Å². The first kappa shape index (κ1) is 19.1. The maximum absolute atomic E-state index is 12.0. The van der Waals surface area contributed by atoms with E-state index in [1.807, 2.05) is 44.2 Å². The summed E-state index contributed by atoms with van der Waals surface area (Å²) in [5, 5.41) is 5.53. The third kappa shape index (κ3) is 5.94. The van der Waals surface area contributed by atoms with E-state index in [0.29, 0.717) is 5.75 Å². The number of hydrogen-bond acceptors (Lipinski definition) is 3. The predicted octanol–water partition coefficient (Wildman–Crippen LogP) is 3.60. The number of para-hydroxylation sites is 1. The zero-order valence-corrected chi connectivity index (χ0v) is 15.7. The molecule has 0 aliphatic carbocycles. The van der Waals surface area contributed by atoms with Gasteiger partial charge >= 0.3 is 0 Å². The van der Waals surface area contributed by atoms with E-state index >= 15 is 0 Å². The Hall–Kier alpha value is -2.27. The number of nitrogens with one attached hydrogen (secondary N) is 2. The van der Waals surface area contributed by atoms with Crippen molar-refractivity contribution < 1.29 is 9.59 Å². The van der Waals surface area contributed by atoms with Crippen molar-refractivity contribution in [3.8, 4) is 0 Å². The molecule has 0 aliphatic rings. The first-order chi connectivity index (χ1) is 12.0. The number of thioether (sulfide) groups is 1. The van der Waals surface area contributed by atoms with E-state index in [1.165, 1.54) is 11.1 Å². The predicted molar refractivity (Wildman–Crippen MR) is 105 cm³/mol. The van der Waals surface area contributed by atoms with Gasteiger partial charge in [0.15, 0.2) is 0 Å². The van der Waals surface area contributed by atoms with Crippen LogP contribution in [0.15, 0.2) is 42.5 Å². The van der Waals surface area contributed by atoms with Crippen LogP contribution in [0.3, 0.4) is 0 Å². The lowest BCUT2D eigenvalue weighted by atomic mass is 10.1. The number of carbonyl (C=O) groups excluding carboxylic acids is 2. The van der Waals surface area contributed by atoms with Gasteiger partial charge in [0.05, 0.1) is 12.3 Å². The van der Waals surface area contributed by atoms with Crippen LogP contribution in [0.4, 0.5) is 5.69 Å². The van der Waals surface area contributed by atoms with Crippen LogP contribution < -0.4 is 10.6 Å². The van der Waals surface area contributed by atoms with Crippen molar-refractivity contribution >= 4 is 29.3 Å². The molecule has 0 atom stereocenters. The van der Waals surface area contributed by atoms with Crippen LogP contribution in [0.2, 0.25) is 0 Å². The van der Waals surface area contributed by atoms with E-state index in [1.54, 1.807) is 11.8 Å². The minimum Gasteiger partial charge on any atom is -0.346 e. The zero-order valence-electron chi connectivity index (χ0n) is 14.9. The molecule has 0 bridgehead atoms. The Labute approximate surface area is 153 Å². The second-order valence-corrected chi connectivity index (χ2v) is 7.00. The van der Waals surface area contributed by atoms with Gasteiger partial charge in [-0.3, -0.25) is 9.59 Å². The summed E-state index contributed by atoms with van der Waals surface area (Å²) in [6.45, 7) is 5.94. The molecule has 0 spiro atoms. The smallest absolute Gasteiger partial charge is 0.243 e. The van der Waals surface area contributed by atoms with Gasteiger partial charge < -0.3 is 10.6 Å². The van der Waals surface area contributed by atoms with Gasteiger partial charge in [-0.15, -0.1) is 11.8 Å². The van der Waals surface area contributed by atoms with E-state index in [0.717, 1.165) is 22.6 Å². The molecule has 0 heterocycles. The monoisotopic (exact) mass is 356 g/mol. The number of carbonyl (C=O) groups is 2. The molecule has 0 saturated carbocycles. The van der Waals surface area contributed by atoms with Crippen LogP contribution >= 0.6 is 11.8 Å². The highest BCUT2D eigenvalue weighted by Gasteiger charge is 2.09. The number of anilines is 1. The third-order valence-electron chi connectivity index (χ3n) is 3.94. The minimum absolute atomic E-state index is 0.0163. The lowest BCUT2D eigenvalue weighted by molar-refractivity contribution is -0.122. The van der Waals surface area contributed by atoms with Crippen molar-refractivity contribution in [2.75, 3.05) is 17.6 Å². The molecule has 25 heavy (non-hydrogen) atoms. The van der Waals surface area contributed by atoms with Crippen molar-refractivity contribution in [3.05, 3.63) is 64.7 Å². The first-order valence-electron chi connectivity index (χ1n) is 8.22. The Kier molecular flexibility index (Phi) is 7.07. The highest BCUT2D eigenvalue weighted by atomic mass is 32.2. The summed E-state index contributed by atoms with van der Waals surface area (Å²) in [5.41, 5.74) is 5.29. The van der Waals surface area contributed by atoms with Crippen LogP contribution in [-0.2, 0) is 15.3 Å². The lowest BCUT2D eigenvalue weighted by Gasteiger charge is -2.12. The maximum Gasteiger partial charge on any atom is 0.243 e. The fourth-order valence-corrected chi connectivity index (χ4v) is 3.38. The molecule has 0 aliphatic heterocycles. The van der Waals surface area contributed by atoms with E-state index < -0.39 is 0 Å². The molecule has 0 aromatic heterocycles. The summed E-state index contributed by atoms with van der Waals surface area (Å²) >= 11 is 1.55. The van der Waals surface area contributed by atoms with Crippen LogP contribution in [0.25, 0.3) is 0 Å². The molecule has 2 rings (SSSR count). The van der Waals surface area contributed by atoms with E-state index in [-0.39, 0.29) is 18.4 Å². The third-order valence-corrected chi connectivity index (χ3v) is 4.93. The summed E-state index contributed by atoms with van der Waals surface area (Å²) in [4.78, 5) is 23.9. The van der Waals surface area contributed by atoms with Crippen LogP contribution in [0.1, 0.15) is 22.3 Å². The summed E-state index contributed by atoms with van der Waals surface area (Å²) in [6.07, 6.45) is 0. The van der Waals surface area contributed by atoms with E-state index in [9.17, 15) is 9.59 Å². The Morgan fingerprint density at radius 1 is 0.880 bits per heavy atom. The molecule has 0 fully saturated rings. The molecule has 5 heteroatoms. The summed E-state index contributed by atoms with van der Waals surface area (Å²) in [5.74, 6) is 0.782. The van der Waals surface area contributed by atoms with Gasteiger partial charge in [0.2, 0.25) is 11.8 Å². The molecule has 0 unspecified atom stereocenters. The molecule has 2 aromatic carbocycles. The van der Waals surface area contributed by atoms with Gasteiger partial charge in [0.1, 0.15) is 0 Å². The molecule has 2 N–H and O–H groups in total. The van der Waals surface area contributed by atoms with Gasteiger partial charge in [-0.25, -0.2) is 0 Å². The normalized spacial score (nSPS) is 10.4. The number of aryl methyl sites for hydroxylation is 3. The van der Waals surface area contributed by atoms with Crippen LogP contribution in [-0.4, -0.2) is 24.1 Å². The van der Waals surface area contributed by atoms with E-state index in [2.05, 4.69) is 29.7 Å². The standard InChI is InChI=1S/C20H24N2O2S/c1-14-7-4-5-10-17(14)12-25-13-19(24)21-11-18(23)22-20-15(2)8-6-9-16(20)3/h4-10H,11-13H2,1-3H3,(H,21,24)(H,22,23). The fourth-order valence-electron chi connectivity index (χ4n) is 2.45. The van der Waals surface area contributed by atoms with Crippen LogP contribution in [0.5, 0.6) is 0 Å². The Morgan fingerprint density at radius 2 is 1.52 bits per heavy atom. The molecule has 4 nitrogen and oxygen atoms in total. The average molecular weight is 356 g/mol. The average Bonchev–Trinajstić information content (AvgIpc) is 2.58. The maximum atomic E-state index is 12.0. The highest BCUT2D eigenvalue weighted by molar-refractivity contribution is 7.99. The Balaban J connectivity index is 1.73. The summed E-state index contributed by atoms with van der Waals surface area (Å²) in [7, 11) is 0. The molecule has 0 radical (unpaired) electrons. The first-order valence-corrected chi connectivity index (χ1v) is 9.38. The molecule has 2 aromatic rings. The zero-order chi connectivity index (χ0) is 18.2. The second-order valence-electron chi connectivity index (χ2n) is 6.01. The number of rotatable bonds is 7. The summed E-state index contributed by atoms with van der Waals surface area (Å²) in [6, 6.07) is 14.0. The molecule has 2 amide bonds. The summed E-state index contributed by atoms with van der Waals surface area (Å²) < 4.78 is 0. The van der Waals surface area contributed by atoms with Crippen molar-refractivity contribution in [1.29, 1.82) is 0 Å².